The highest BCUT2D eigenvalue weighted by molar-refractivity contribution is 5.62. The van der Waals surface area contributed by atoms with E-state index in [0.717, 1.165) is 36.0 Å². The summed E-state index contributed by atoms with van der Waals surface area (Å²) >= 11 is 0. The summed E-state index contributed by atoms with van der Waals surface area (Å²) in [6, 6.07) is 7.93. The summed E-state index contributed by atoms with van der Waals surface area (Å²) in [6.07, 6.45) is 3.15. The van der Waals surface area contributed by atoms with Gasteiger partial charge in [-0.3, -0.25) is 0 Å². The van der Waals surface area contributed by atoms with Gasteiger partial charge in [0, 0.05) is 12.7 Å². The molecular weight excluding hydrogens is 238 g/mol. The molecule has 0 aliphatic heterocycles. The Morgan fingerprint density at radius 2 is 2.05 bits per heavy atom. The molecule has 0 amide bonds. The summed E-state index contributed by atoms with van der Waals surface area (Å²) in [5.74, 6) is 1.72. The van der Waals surface area contributed by atoms with Crippen molar-refractivity contribution >= 4 is 11.6 Å². The Morgan fingerprint density at radius 3 is 2.79 bits per heavy atom. The minimum absolute atomic E-state index is 0.654. The van der Waals surface area contributed by atoms with Gasteiger partial charge in [-0.05, 0) is 32.4 Å². The van der Waals surface area contributed by atoms with Crippen LogP contribution in [0.3, 0.4) is 0 Å². The van der Waals surface area contributed by atoms with Crippen molar-refractivity contribution in [1.82, 2.24) is 9.55 Å². The smallest absolute Gasteiger partial charge is 0.207 e. The third-order valence-electron chi connectivity index (χ3n) is 2.79. The molecule has 1 aromatic heterocycles. The van der Waals surface area contributed by atoms with E-state index in [1.165, 1.54) is 0 Å². The zero-order valence-electron chi connectivity index (χ0n) is 11.8. The predicted molar refractivity (Wildman–Crippen MR) is 78.1 cm³/mol. The number of rotatable bonds is 6. The maximum absolute atomic E-state index is 5.62. The Morgan fingerprint density at radius 1 is 1.26 bits per heavy atom. The van der Waals surface area contributed by atoms with E-state index in [4.69, 9.17) is 4.74 Å². The fraction of sp³-hybridized carbons (Fsp3) is 0.400. The van der Waals surface area contributed by atoms with Gasteiger partial charge in [-0.1, -0.05) is 19.1 Å². The minimum atomic E-state index is 0.654. The molecule has 0 unspecified atom stereocenters. The molecule has 2 rings (SSSR count). The van der Waals surface area contributed by atoms with Gasteiger partial charge >= 0.3 is 0 Å². The van der Waals surface area contributed by atoms with Crippen molar-refractivity contribution in [3.05, 3.63) is 36.2 Å². The van der Waals surface area contributed by atoms with Gasteiger partial charge in [-0.25, -0.2) is 4.98 Å². The lowest BCUT2D eigenvalue weighted by Crippen LogP contribution is -2.04. The summed E-state index contributed by atoms with van der Waals surface area (Å²) in [5.41, 5.74) is 1.97. The lowest BCUT2D eigenvalue weighted by molar-refractivity contribution is 0.342. The average molecular weight is 259 g/mol. The van der Waals surface area contributed by atoms with Crippen LogP contribution in [0.25, 0.3) is 0 Å². The second-order valence-corrected chi connectivity index (χ2v) is 4.45. The minimum Gasteiger partial charge on any atom is -0.492 e. The van der Waals surface area contributed by atoms with Crippen molar-refractivity contribution < 1.29 is 4.74 Å². The van der Waals surface area contributed by atoms with Crippen molar-refractivity contribution in [3.63, 3.8) is 0 Å². The van der Waals surface area contributed by atoms with Crippen LogP contribution in [0.1, 0.15) is 26.0 Å². The van der Waals surface area contributed by atoms with Gasteiger partial charge in [-0.2, -0.15) is 0 Å². The topological polar surface area (TPSA) is 39.1 Å². The van der Waals surface area contributed by atoms with Crippen molar-refractivity contribution in [2.24, 2.45) is 0 Å². The Bertz CT molecular complexity index is 534. The fourth-order valence-corrected chi connectivity index (χ4v) is 2.03. The van der Waals surface area contributed by atoms with E-state index in [9.17, 15) is 0 Å². The molecule has 19 heavy (non-hydrogen) atoms. The van der Waals surface area contributed by atoms with Crippen LogP contribution < -0.4 is 10.1 Å². The summed E-state index contributed by atoms with van der Waals surface area (Å²) in [4.78, 5) is 4.52. The van der Waals surface area contributed by atoms with Crippen molar-refractivity contribution in [1.29, 1.82) is 0 Å². The van der Waals surface area contributed by atoms with Crippen LogP contribution in [-0.4, -0.2) is 16.2 Å². The second kappa shape index (κ2) is 6.27. The van der Waals surface area contributed by atoms with Gasteiger partial charge in [0.05, 0.1) is 18.0 Å². The summed E-state index contributed by atoms with van der Waals surface area (Å²) in [5, 5.41) is 3.36. The molecule has 0 saturated carbocycles. The second-order valence-electron chi connectivity index (χ2n) is 4.45. The first-order valence-electron chi connectivity index (χ1n) is 6.77. The zero-order valence-corrected chi connectivity index (χ0v) is 11.8. The number of aromatic nitrogens is 2. The Hall–Kier alpha value is -1.97. The lowest BCUT2D eigenvalue weighted by Gasteiger charge is -2.12. The maximum Gasteiger partial charge on any atom is 0.207 e. The molecule has 0 spiro atoms. The monoisotopic (exact) mass is 259 g/mol. The molecule has 0 radical (unpaired) electrons. The molecule has 0 saturated heterocycles. The normalized spacial score (nSPS) is 10.5. The number of ether oxygens (including phenoxy) is 1. The van der Waals surface area contributed by atoms with E-state index in [1.807, 2.05) is 38.1 Å². The van der Waals surface area contributed by atoms with Gasteiger partial charge in [0.25, 0.3) is 0 Å². The predicted octanol–water partition coefficient (Wildman–Crippen LogP) is 3.74. The van der Waals surface area contributed by atoms with E-state index in [2.05, 4.69) is 28.0 Å². The summed E-state index contributed by atoms with van der Waals surface area (Å²) in [6.45, 7) is 7.76. The van der Waals surface area contributed by atoms with Crippen LogP contribution in [0.2, 0.25) is 0 Å². The van der Waals surface area contributed by atoms with Crippen LogP contribution >= 0.6 is 0 Å². The van der Waals surface area contributed by atoms with Crippen LogP contribution in [0.15, 0.2) is 30.5 Å². The molecule has 0 aliphatic rings. The number of nitrogens with zero attached hydrogens (tertiary/aromatic N) is 2. The van der Waals surface area contributed by atoms with Crippen molar-refractivity contribution in [2.45, 2.75) is 33.7 Å². The first kappa shape index (κ1) is 13.5. The summed E-state index contributed by atoms with van der Waals surface area (Å²) in [7, 11) is 0. The van der Waals surface area contributed by atoms with E-state index >= 15 is 0 Å². The quantitative estimate of drug-likeness (QED) is 0.858. The largest absolute Gasteiger partial charge is 0.492 e. The van der Waals surface area contributed by atoms with E-state index in [1.54, 1.807) is 0 Å². The molecule has 1 heterocycles. The third-order valence-corrected chi connectivity index (χ3v) is 2.79. The highest BCUT2D eigenvalue weighted by atomic mass is 16.5. The third kappa shape index (κ3) is 3.28. The molecule has 0 aliphatic carbocycles. The SMILES string of the molecule is CCCn1cc(C)nc1Nc1ccccc1OCC. The number of imidazole rings is 1. The molecule has 2 aromatic rings. The van der Waals surface area contributed by atoms with E-state index in [-0.39, 0.29) is 0 Å². The molecule has 4 nitrogen and oxygen atoms in total. The summed E-state index contributed by atoms with van der Waals surface area (Å²) < 4.78 is 7.75. The Labute approximate surface area is 114 Å². The lowest BCUT2D eigenvalue weighted by atomic mass is 10.3. The van der Waals surface area contributed by atoms with E-state index < -0.39 is 0 Å². The van der Waals surface area contributed by atoms with Crippen LogP contribution in [0.5, 0.6) is 5.75 Å². The Kier molecular flexibility index (Phi) is 4.44. The molecular formula is C15H21N3O. The molecule has 1 aromatic carbocycles. The first-order chi connectivity index (χ1) is 9.24. The van der Waals surface area contributed by atoms with Gasteiger partial charge in [0.2, 0.25) is 5.95 Å². The molecule has 0 fully saturated rings. The highest BCUT2D eigenvalue weighted by Gasteiger charge is 2.08. The van der Waals surface area contributed by atoms with Crippen LogP contribution in [0, 0.1) is 6.92 Å². The molecule has 1 N–H and O–H groups in total. The van der Waals surface area contributed by atoms with Crippen molar-refractivity contribution in [3.8, 4) is 5.75 Å². The molecule has 0 atom stereocenters. The van der Waals surface area contributed by atoms with Crippen molar-refractivity contribution in [2.75, 3.05) is 11.9 Å². The number of hydrogen-bond donors (Lipinski definition) is 1. The zero-order chi connectivity index (χ0) is 13.7. The molecule has 102 valence electrons. The maximum atomic E-state index is 5.62. The van der Waals surface area contributed by atoms with Gasteiger partial charge < -0.3 is 14.6 Å². The standard InChI is InChI=1S/C15H21N3O/c1-4-10-18-11-12(3)16-15(18)17-13-8-6-7-9-14(13)19-5-2/h6-9,11H,4-5,10H2,1-3H3,(H,16,17). The number of para-hydroxylation sites is 2. The number of hydrogen-bond acceptors (Lipinski definition) is 3. The number of benzene rings is 1. The van der Waals surface area contributed by atoms with Gasteiger partial charge in [0.15, 0.2) is 0 Å². The Balaban J connectivity index is 2.25. The number of aryl methyl sites for hydroxylation is 2. The van der Waals surface area contributed by atoms with Crippen LogP contribution in [-0.2, 0) is 6.54 Å². The highest BCUT2D eigenvalue weighted by Crippen LogP contribution is 2.27. The fourth-order valence-electron chi connectivity index (χ4n) is 2.03. The van der Waals surface area contributed by atoms with Crippen LogP contribution in [0.4, 0.5) is 11.6 Å². The molecule has 4 heteroatoms. The number of anilines is 2. The van der Waals surface area contributed by atoms with E-state index in [0.29, 0.717) is 6.61 Å². The van der Waals surface area contributed by atoms with Gasteiger partial charge in [0.1, 0.15) is 5.75 Å². The van der Waals surface area contributed by atoms with Gasteiger partial charge in [-0.15, -0.1) is 0 Å². The first-order valence-corrected chi connectivity index (χ1v) is 6.77. The molecule has 0 bridgehead atoms. The average Bonchev–Trinajstić information content (AvgIpc) is 2.73. The number of nitrogens with one attached hydrogen (secondary N) is 1.